The summed E-state index contributed by atoms with van der Waals surface area (Å²) in [7, 11) is 0. The zero-order valence-electron chi connectivity index (χ0n) is 16.5. The Balaban J connectivity index is 1.50. The van der Waals surface area contributed by atoms with Crippen molar-refractivity contribution < 1.29 is 18.9 Å². The van der Waals surface area contributed by atoms with E-state index in [0.29, 0.717) is 17.8 Å². The second-order valence-corrected chi connectivity index (χ2v) is 8.26. The van der Waals surface area contributed by atoms with E-state index in [9.17, 15) is 0 Å². The summed E-state index contributed by atoms with van der Waals surface area (Å²) < 4.78 is 25.6. The van der Waals surface area contributed by atoms with Gasteiger partial charge in [-0.15, -0.1) is 6.42 Å². The molecule has 5 rings (SSSR count). The minimum atomic E-state index is -0.730. The number of ether oxygens (including phenoxy) is 4. The largest absolute Gasteiger partial charge is 0.381 e. The van der Waals surface area contributed by atoms with E-state index in [1.54, 1.807) is 6.33 Å². The van der Waals surface area contributed by atoms with Crippen LogP contribution in [-0.4, -0.2) is 56.8 Å². The molecule has 0 spiro atoms. The molecule has 0 amide bonds. The third-order valence-corrected chi connectivity index (χ3v) is 5.87. The maximum atomic E-state index is 6.54. The summed E-state index contributed by atoms with van der Waals surface area (Å²) in [4.78, 5) is 13.5. The van der Waals surface area contributed by atoms with E-state index in [0.717, 1.165) is 25.1 Å². The van der Waals surface area contributed by atoms with Crippen molar-refractivity contribution >= 4 is 11.2 Å². The average Bonchev–Trinajstić information content (AvgIpc) is 3.38. The summed E-state index contributed by atoms with van der Waals surface area (Å²) in [5.41, 5.74) is 8.56. The lowest BCUT2D eigenvalue weighted by Gasteiger charge is -2.27. The Morgan fingerprint density at radius 3 is 2.86 bits per heavy atom. The molecule has 3 fully saturated rings. The summed E-state index contributed by atoms with van der Waals surface area (Å²) in [6, 6.07) is -0.273. The lowest BCUT2D eigenvalue weighted by atomic mass is 9.92. The molecule has 9 nitrogen and oxygen atoms in total. The number of nitrogens with two attached hydrogens (primary N) is 1. The van der Waals surface area contributed by atoms with Crippen LogP contribution in [0.3, 0.4) is 0 Å². The van der Waals surface area contributed by atoms with Crippen LogP contribution >= 0.6 is 0 Å². The van der Waals surface area contributed by atoms with Crippen LogP contribution in [0.1, 0.15) is 44.7 Å². The third-order valence-electron chi connectivity index (χ3n) is 5.87. The van der Waals surface area contributed by atoms with Gasteiger partial charge in [0.1, 0.15) is 30.2 Å². The second-order valence-electron chi connectivity index (χ2n) is 8.26. The second kappa shape index (κ2) is 7.00. The SMILES string of the molecule is C#CC1OC(n2cnc3c(C(N)C4CCCOC4)ncnc32)C2OC(C)(C)OC12. The van der Waals surface area contributed by atoms with Crippen molar-refractivity contribution in [3.63, 3.8) is 0 Å². The minimum absolute atomic E-state index is 0.206. The highest BCUT2D eigenvalue weighted by Crippen LogP contribution is 2.43. The molecule has 5 heterocycles. The first-order valence-electron chi connectivity index (χ1n) is 9.96. The molecule has 3 saturated heterocycles. The third kappa shape index (κ3) is 3.12. The number of imidazole rings is 1. The van der Waals surface area contributed by atoms with Gasteiger partial charge in [0.05, 0.1) is 24.7 Å². The minimum Gasteiger partial charge on any atom is -0.381 e. The van der Waals surface area contributed by atoms with E-state index in [1.165, 1.54) is 6.33 Å². The van der Waals surface area contributed by atoms with Gasteiger partial charge in [-0.05, 0) is 26.7 Å². The lowest BCUT2D eigenvalue weighted by Crippen LogP contribution is -2.30. The molecule has 2 aromatic rings. The maximum absolute atomic E-state index is 6.54. The van der Waals surface area contributed by atoms with Gasteiger partial charge in [0.25, 0.3) is 0 Å². The first kappa shape index (κ1) is 18.9. The lowest BCUT2D eigenvalue weighted by molar-refractivity contribution is -0.190. The highest BCUT2D eigenvalue weighted by atomic mass is 16.8. The first-order chi connectivity index (χ1) is 14.0. The molecule has 2 N–H and O–H groups in total. The van der Waals surface area contributed by atoms with Crippen molar-refractivity contribution in [2.45, 2.75) is 63.1 Å². The summed E-state index contributed by atoms with van der Waals surface area (Å²) in [5, 5.41) is 0. The van der Waals surface area contributed by atoms with Gasteiger partial charge in [-0.1, -0.05) is 5.92 Å². The van der Waals surface area contributed by atoms with Gasteiger partial charge in [-0.25, -0.2) is 15.0 Å². The van der Waals surface area contributed by atoms with Gasteiger partial charge < -0.3 is 24.7 Å². The standard InChI is InChI=1S/C20H25N5O4/c1-4-12-16-17(29-20(2,3)28-16)19(27-12)25-10-24-15-14(22-9-23-18(15)25)13(21)11-6-5-7-26-8-11/h1,9-13,16-17,19H,5-8,21H2,2-3H3. The van der Waals surface area contributed by atoms with Crippen LogP contribution in [0.4, 0.5) is 0 Å². The average molecular weight is 399 g/mol. The van der Waals surface area contributed by atoms with Crippen molar-refractivity contribution in [2.75, 3.05) is 13.2 Å². The van der Waals surface area contributed by atoms with Crippen LogP contribution in [0.5, 0.6) is 0 Å². The number of fused-ring (bicyclic) bond motifs is 2. The van der Waals surface area contributed by atoms with Crippen LogP contribution in [-0.2, 0) is 18.9 Å². The summed E-state index contributed by atoms with van der Waals surface area (Å²) in [5.74, 6) is 2.13. The van der Waals surface area contributed by atoms with Gasteiger partial charge in [0.2, 0.25) is 0 Å². The van der Waals surface area contributed by atoms with E-state index in [2.05, 4.69) is 20.9 Å². The molecule has 9 heteroatoms. The normalized spacial score (nSPS) is 34.8. The molecule has 154 valence electrons. The molecule has 6 unspecified atom stereocenters. The summed E-state index contributed by atoms with van der Waals surface area (Å²) >= 11 is 0. The van der Waals surface area contributed by atoms with Gasteiger partial charge in [0, 0.05) is 12.5 Å². The molecule has 2 aromatic heterocycles. The Morgan fingerprint density at radius 2 is 2.10 bits per heavy atom. The van der Waals surface area contributed by atoms with E-state index >= 15 is 0 Å². The predicted octanol–water partition coefficient (Wildman–Crippen LogP) is 1.30. The zero-order chi connectivity index (χ0) is 20.2. The van der Waals surface area contributed by atoms with Crippen molar-refractivity contribution in [1.29, 1.82) is 0 Å². The molecule has 0 aliphatic carbocycles. The van der Waals surface area contributed by atoms with Crippen LogP contribution in [0.15, 0.2) is 12.7 Å². The number of aromatic nitrogens is 4. The van der Waals surface area contributed by atoms with Gasteiger partial charge >= 0.3 is 0 Å². The Bertz CT molecular complexity index is 948. The molecular weight excluding hydrogens is 374 g/mol. The maximum Gasteiger partial charge on any atom is 0.167 e. The van der Waals surface area contributed by atoms with Crippen LogP contribution < -0.4 is 5.73 Å². The molecule has 0 saturated carbocycles. The zero-order valence-corrected chi connectivity index (χ0v) is 16.5. The topological polar surface area (TPSA) is 107 Å². The summed E-state index contributed by atoms with van der Waals surface area (Å²) in [6.45, 7) is 5.15. The fourth-order valence-corrected chi connectivity index (χ4v) is 4.51. The Hall–Kier alpha value is -2.09. The van der Waals surface area contributed by atoms with Crippen molar-refractivity contribution in [3.05, 3.63) is 18.3 Å². The van der Waals surface area contributed by atoms with Gasteiger partial charge in [-0.2, -0.15) is 0 Å². The van der Waals surface area contributed by atoms with Crippen molar-refractivity contribution in [1.82, 2.24) is 19.5 Å². The number of hydrogen-bond acceptors (Lipinski definition) is 8. The molecule has 0 radical (unpaired) electrons. The van der Waals surface area contributed by atoms with E-state index in [4.69, 9.17) is 31.1 Å². The summed E-state index contributed by atoms with van der Waals surface area (Å²) in [6.07, 6.45) is 9.16. The smallest absolute Gasteiger partial charge is 0.167 e. The molecule has 0 aromatic carbocycles. The quantitative estimate of drug-likeness (QED) is 0.770. The number of hydrogen-bond donors (Lipinski definition) is 1. The van der Waals surface area contributed by atoms with Gasteiger partial charge in [0.15, 0.2) is 17.7 Å². The van der Waals surface area contributed by atoms with Crippen LogP contribution in [0.25, 0.3) is 11.2 Å². The molecular formula is C20H25N5O4. The highest BCUT2D eigenvalue weighted by molar-refractivity contribution is 5.73. The number of nitrogens with zero attached hydrogens (tertiary/aromatic N) is 4. The highest BCUT2D eigenvalue weighted by Gasteiger charge is 2.55. The first-order valence-corrected chi connectivity index (χ1v) is 9.96. The van der Waals surface area contributed by atoms with E-state index in [-0.39, 0.29) is 24.2 Å². The van der Waals surface area contributed by atoms with E-state index in [1.807, 2.05) is 18.4 Å². The van der Waals surface area contributed by atoms with Crippen molar-refractivity contribution in [2.24, 2.45) is 11.7 Å². The number of rotatable bonds is 3. The Kier molecular flexibility index (Phi) is 4.57. The molecule has 3 aliphatic heterocycles. The van der Waals surface area contributed by atoms with E-state index < -0.39 is 18.1 Å². The fraction of sp³-hybridized carbons (Fsp3) is 0.650. The van der Waals surface area contributed by atoms with Crippen LogP contribution in [0.2, 0.25) is 0 Å². The Labute approximate surface area is 168 Å². The Morgan fingerprint density at radius 1 is 1.28 bits per heavy atom. The monoisotopic (exact) mass is 399 g/mol. The molecule has 29 heavy (non-hydrogen) atoms. The fourth-order valence-electron chi connectivity index (χ4n) is 4.51. The van der Waals surface area contributed by atoms with Crippen molar-refractivity contribution in [3.8, 4) is 12.3 Å². The predicted molar refractivity (Wildman–Crippen MR) is 102 cm³/mol. The van der Waals surface area contributed by atoms with Gasteiger partial charge in [-0.3, -0.25) is 4.57 Å². The molecule has 3 aliphatic rings. The number of terminal acetylenes is 1. The molecule has 0 bridgehead atoms. The molecule has 6 atom stereocenters. The van der Waals surface area contributed by atoms with Crippen LogP contribution in [0, 0.1) is 18.3 Å².